The minimum Gasteiger partial charge on any atom is -0.445 e. The Labute approximate surface area is 233 Å². The highest BCUT2D eigenvalue weighted by Gasteiger charge is 2.26. The zero-order chi connectivity index (χ0) is 28.8. The molecule has 1 saturated heterocycles. The first-order chi connectivity index (χ1) is 19.0. The summed E-state index contributed by atoms with van der Waals surface area (Å²) in [5.41, 5.74) is 1.64. The Kier molecular flexibility index (Phi) is 9.23. The lowest BCUT2D eigenvalue weighted by molar-refractivity contribution is 0.0914. The first-order valence-electron chi connectivity index (χ1n) is 12.5. The number of carbonyl (C=O) groups excluding carboxylic acids is 2. The van der Waals surface area contributed by atoms with Crippen molar-refractivity contribution in [3.05, 3.63) is 95.6 Å². The number of carbonyl (C=O) groups is 2. The third kappa shape index (κ3) is 7.68. The van der Waals surface area contributed by atoms with Crippen LogP contribution < -0.4 is 4.72 Å². The molecule has 1 aliphatic rings. The van der Waals surface area contributed by atoms with Crippen molar-refractivity contribution in [1.82, 2.24) is 9.62 Å². The predicted octanol–water partition coefficient (Wildman–Crippen LogP) is 3.04. The summed E-state index contributed by atoms with van der Waals surface area (Å²) in [4.78, 5) is 27.1. The molecular weight excluding hydrogens is 556 g/mol. The number of sulfone groups is 1. The standard InChI is InChI=1S/C28H30N2O8S2/c1-39(33,34)24-11-13-25(14-12-24)40(35,36)29-27(31)26-10-6-5-9-23(26)17-22-18-30(15-16-37-19-22)28(32)38-20-21-7-3-2-4-8-21/h2-14,22H,15-20H2,1H3,(H,29,31)/t22-/m1/s1. The molecule has 1 atom stereocenters. The molecule has 0 aliphatic carbocycles. The van der Waals surface area contributed by atoms with Crippen molar-refractivity contribution >= 4 is 31.9 Å². The maximum atomic E-state index is 13.1. The minimum atomic E-state index is -4.26. The fraction of sp³-hybridized carbons (Fsp3) is 0.286. The van der Waals surface area contributed by atoms with E-state index in [0.717, 1.165) is 24.0 Å². The lowest BCUT2D eigenvalue weighted by Crippen LogP contribution is -2.37. The highest BCUT2D eigenvalue weighted by molar-refractivity contribution is 7.91. The van der Waals surface area contributed by atoms with Gasteiger partial charge in [-0.15, -0.1) is 0 Å². The summed E-state index contributed by atoms with van der Waals surface area (Å²) < 4.78 is 62.3. The van der Waals surface area contributed by atoms with E-state index in [2.05, 4.69) is 4.72 Å². The van der Waals surface area contributed by atoms with Gasteiger partial charge in [0.2, 0.25) is 0 Å². The Bertz CT molecular complexity index is 1560. The van der Waals surface area contributed by atoms with Gasteiger partial charge in [-0.1, -0.05) is 48.5 Å². The first-order valence-corrected chi connectivity index (χ1v) is 15.9. The van der Waals surface area contributed by atoms with Gasteiger partial charge in [0.15, 0.2) is 9.84 Å². The van der Waals surface area contributed by atoms with E-state index in [4.69, 9.17) is 9.47 Å². The van der Waals surface area contributed by atoms with Crippen molar-refractivity contribution in [2.45, 2.75) is 22.8 Å². The Morgan fingerprint density at radius 3 is 2.27 bits per heavy atom. The molecule has 1 aliphatic heterocycles. The van der Waals surface area contributed by atoms with Crippen LogP contribution in [0.25, 0.3) is 0 Å². The van der Waals surface area contributed by atoms with E-state index in [1.165, 1.54) is 18.2 Å². The molecule has 0 saturated carbocycles. The second-order valence-electron chi connectivity index (χ2n) is 9.47. The van der Waals surface area contributed by atoms with Gasteiger partial charge in [-0.25, -0.2) is 26.4 Å². The van der Waals surface area contributed by atoms with Crippen LogP contribution >= 0.6 is 0 Å². The van der Waals surface area contributed by atoms with Gasteiger partial charge in [-0.05, 0) is 47.9 Å². The summed E-state index contributed by atoms with van der Waals surface area (Å²) in [6.07, 6.45) is 0.912. The monoisotopic (exact) mass is 586 g/mol. The average molecular weight is 587 g/mol. The maximum Gasteiger partial charge on any atom is 0.410 e. The molecule has 1 N–H and O–H groups in total. The number of hydrogen-bond donors (Lipinski definition) is 1. The van der Waals surface area contributed by atoms with Gasteiger partial charge in [-0.3, -0.25) is 4.79 Å². The third-order valence-electron chi connectivity index (χ3n) is 6.36. The quantitative estimate of drug-likeness (QED) is 0.426. The fourth-order valence-electron chi connectivity index (χ4n) is 4.31. The van der Waals surface area contributed by atoms with E-state index in [-0.39, 0.29) is 27.9 Å². The molecule has 4 rings (SSSR count). The summed E-state index contributed by atoms with van der Waals surface area (Å²) in [6.45, 7) is 1.55. The summed E-state index contributed by atoms with van der Waals surface area (Å²) in [5, 5.41) is 0. The topological polar surface area (TPSA) is 136 Å². The van der Waals surface area contributed by atoms with Crippen LogP contribution in [0.3, 0.4) is 0 Å². The Morgan fingerprint density at radius 1 is 0.925 bits per heavy atom. The van der Waals surface area contributed by atoms with E-state index in [9.17, 15) is 26.4 Å². The van der Waals surface area contributed by atoms with Crippen LogP contribution in [-0.4, -0.2) is 66.3 Å². The molecule has 1 heterocycles. The SMILES string of the molecule is CS(=O)(=O)c1ccc(S(=O)(=O)NC(=O)c2ccccc2C[C@H]2COCCN(C(=O)OCc3ccccc3)C2)cc1. The molecule has 12 heteroatoms. The minimum absolute atomic E-state index is 0.0354. The Balaban J connectivity index is 1.43. The van der Waals surface area contributed by atoms with Crippen LogP contribution in [0.1, 0.15) is 21.5 Å². The molecule has 0 aromatic heterocycles. The van der Waals surface area contributed by atoms with Crippen LogP contribution in [0.5, 0.6) is 0 Å². The lowest BCUT2D eigenvalue weighted by atomic mass is 9.95. The largest absolute Gasteiger partial charge is 0.445 e. The summed E-state index contributed by atoms with van der Waals surface area (Å²) in [6, 6.07) is 20.6. The van der Waals surface area contributed by atoms with Crippen molar-refractivity contribution in [1.29, 1.82) is 0 Å². The Morgan fingerprint density at radius 2 is 1.57 bits per heavy atom. The second-order valence-corrected chi connectivity index (χ2v) is 13.2. The summed E-state index contributed by atoms with van der Waals surface area (Å²) >= 11 is 0. The van der Waals surface area contributed by atoms with Crippen LogP contribution in [0.15, 0.2) is 88.7 Å². The van der Waals surface area contributed by atoms with Gasteiger partial charge < -0.3 is 14.4 Å². The fourth-order valence-corrected chi connectivity index (χ4v) is 5.91. The maximum absolute atomic E-state index is 13.1. The van der Waals surface area contributed by atoms with Crippen LogP contribution in [0.2, 0.25) is 0 Å². The first kappa shape index (κ1) is 29.2. The van der Waals surface area contributed by atoms with E-state index >= 15 is 0 Å². The molecule has 0 spiro atoms. The van der Waals surface area contributed by atoms with E-state index < -0.39 is 31.9 Å². The molecule has 3 aromatic rings. The van der Waals surface area contributed by atoms with Gasteiger partial charge in [0.1, 0.15) is 6.61 Å². The number of nitrogens with zero attached hydrogens (tertiary/aromatic N) is 1. The van der Waals surface area contributed by atoms with Gasteiger partial charge in [-0.2, -0.15) is 0 Å². The summed E-state index contributed by atoms with van der Waals surface area (Å²) in [7, 11) is -7.77. The summed E-state index contributed by atoms with van der Waals surface area (Å²) in [5.74, 6) is -0.989. The molecule has 212 valence electrons. The van der Waals surface area contributed by atoms with Gasteiger partial charge >= 0.3 is 6.09 Å². The normalized spacial score (nSPS) is 16.1. The molecule has 0 radical (unpaired) electrons. The molecule has 2 amide bonds. The van der Waals surface area contributed by atoms with Gasteiger partial charge in [0.05, 0.1) is 23.0 Å². The molecule has 0 bridgehead atoms. The van der Waals surface area contributed by atoms with Crippen molar-refractivity contribution in [3.63, 3.8) is 0 Å². The Hall–Kier alpha value is -3.74. The highest BCUT2D eigenvalue weighted by Crippen LogP contribution is 2.20. The highest BCUT2D eigenvalue weighted by atomic mass is 32.2. The van der Waals surface area contributed by atoms with Crippen molar-refractivity contribution in [2.75, 3.05) is 32.6 Å². The predicted molar refractivity (Wildman–Crippen MR) is 147 cm³/mol. The van der Waals surface area contributed by atoms with E-state index in [1.807, 2.05) is 30.3 Å². The molecule has 10 nitrogen and oxygen atoms in total. The van der Waals surface area contributed by atoms with Crippen molar-refractivity contribution in [3.8, 4) is 0 Å². The number of sulfonamides is 1. The van der Waals surface area contributed by atoms with Crippen LogP contribution in [0, 0.1) is 5.92 Å². The van der Waals surface area contributed by atoms with Gasteiger partial charge in [0, 0.05) is 30.8 Å². The molecule has 3 aromatic carbocycles. The number of rotatable bonds is 8. The smallest absolute Gasteiger partial charge is 0.410 e. The number of amides is 2. The van der Waals surface area contributed by atoms with E-state index in [0.29, 0.717) is 38.3 Å². The third-order valence-corrected chi connectivity index (χ3v) is 8.84. The number of nitrogens with one attached hydrogen (secondary N) is 1. The van der Waals surface area contributed by atoms with Crippen molar-refractivity contribution < 1.29 is 35.9 Å². The molecule has 0 unspecified atom stereocenters. The van der Waals surface area contributed by atoms with Crippen LogP contribution in [-0.2, 0) is 42.4 Å². The van der Waals surface area contributed by atoms with Crippen LogP contribution in [0.4, 0.5) is 4.79 Å². The average Bonchev–Trinajstić information content (AvgIpc) is 3.17. The zero-order valence-electron chi connectivity index (χ0n) is 21.9. The van der Waals surface area contributed by atoms with E-state index in [1.54, 1.807) is 23.1 Å². The molecule has 1 fully saturated rings. The number of hydrogen-bond acceptors (Lipinski definition) is 8. The number of ether oxygens (including phenoxy) is 2. The second kappa shape index (κ2) is 12.6. The van der Waals surface area contributed by atoms with Crippen molar-refractivity contribution in [2.24, 2.45) is 5.92 Å². The van der Waals surface area contributed by atoms with Gasteiger partial charge in [0.25, 0.3) is 15.9 Å². The molecular formula is C28H30N2O8S2. The number of benzene rings is 3. The molecule has 40 heavy (non-hydrogen) atoms. The zero-order valence-corrected chi connectivity index (χ0v) is 23.5. The lowest BCUT2D eigenvalue weighted by Gasteiger charge is -2.23.